The summed E-state index contributed by atoms with van der Waals surface area (Å²) in [5, 5.41) is 0. The van der Waals surface area contributed by atoms with E-state index in [4.69, 9.17) is 5.69 Å². The Morgan fingerprint density at radius 2 is 1.67 bits per heavy atom. The van der Waals surface area contributed by atoms with E-state index < -0.39 is 0 Å². The van der Waals surface area contributed by atoms with Crippen LogP contribution in [0.4, 0.5) is 0 Å². The van der Waals surface area contributed by atoms with E-state index in [0.29, 0.717) is 0 Å². The fourth-order valence-corrected chi connectivity index (χ4v) is 0.612. The SMILES string of the molecule is C#[S-](CC)CC. The maximum Gasteiger partial charge on any atom is -0.0840 e. The molecule has 0 spiro atoms. The van der Waals surface area contributed by atoms with Crippen LogP contribution in [0.5, 0.6) is 0 Å². The molecule has 0 aliphatic rings. The molecular weight excluding hydrogens is 92.1 g/mol. The molecule has 0 aliphatic heterocycles. The van der Waals surface area contributed by atoms with Crippen LogP contribution >= 0.6 is 0 Å². The van der Waals surface area contributed by atoms with Crippen molar-refractivity contribution in [3.63, 3.8) is 0 Å². The standard InChI is InChI=1S/C5H11S/c1-4-6(3)5-2/h3H,4-5H2,1-2H3/q-1. The molecule has 0 amide bonds. The lowest BCUT2D eigenvalue weighted by molar-refractivity contribution is 1.45. The summed E-state index contributed by atoms with van der Waals surface area (Å²) in [5.41, 5.74) is 5.50. The Labute approximate surface area is 42.1 Å². The highest BCUT2D eigenvalue weighted by Gasteiger charge is 1.56. The van der Waals surface area contributed by atoms with Crippen molar-refractivity contribution in [2.45, 2.75) is 13.8 Å². The van der Waals surface area contributed by atoms with Crippen LogP contribution in [-0.2, 0) is 10.3 Å². The van der Waals surface area contributed by atoms with Gasteiger partial charge >= 0.3 is 0 Å². The molecule has 0 aromatic rings. The van der Waals surface area contributed by atoms with E-state index in [1.165, 1.54) is 0 Å². The summed E-state index contributed by atoms with van der Waals surface area (Å²) in [6.07, 6.45) is 0. The number of hydrogen-bond donors (Lipinski definition) is 0. The summed E-state index contributed by atoms with van der Waals surface area (Å²) >= 11 is 0. The summed E-state index contributed by atoms with van der Waals surface area (Å²) in [7, 11) is 0.216. The third-order valence-corrected chi connectivity index (χ3v) is 2.22. The average Bonchev–Trinajstić information content (AvgIpc) is 1.65. The van der Waals surface area contributed by atoms with Gasteiger partial charge in [0.1, 0.15) is 0 Å². The van der Waals surface area contributed by atoms with E-state index in [0.717, 1.165) is 11.5 Å². The second-order valence-corrected chi connectivity index (χ2v) is 3.34. The highest BCUT2D eigenvalue weighted by molar-refractivity contribution is 7.86. The van der Waals surface area contributed by atoms with Gasteiger partial charge in [0.2, 0.25) is 0 Å². The van der Waals surface area contributed by atoms with Gasteiger partial charge in [-0.3, -0.25) is 0 Å². The van der Waals surface area contributed by atoms with Gasteiger partial charge in [0.05, 0.1) is 0 Å². The van der Waals surface area contributed by atoms with Crippen LogP contribution in [0.3, 0.4) is 0 Å². The van der Waals surface area contributed by atoms with Crippen LogP contribution in [-0.4, -0.2) is 11.5 Å². The predicted molar refractivity (Wildman–Crippen MR) is 33.4 cm³/mol. The van der Waals surface area contributed by atoms with Crippen LogP contribution in [0.15, 0.2) is 0 Å². The molecule has 0 nitrogen and oxygen atoms in total. The van der Waals surface area contributed by atoms with E-state index in [9.17, 15) is 0 Å². The summed E-state index contributed by atoms with van der Waals surface area (Å²) in [4.78, 5) is 0. The van der Waals surface area contributed by atoms with Crippen molar-refractivity contribution in [3.05, 3.63) is 0 Å². The van der Waals surface area contributed by atoms with Crippen LogP contribution in [0.25, 0.3) is 0 Å². The minimum atomic E-state index is 0.216. The fourth-order valence-electron chi connectivity index (χ4n) is 0.204. The molecule has 0 aliphatic carbocycles. The molecule has 1 heteroatoms. The summed E-state index contributed by atoms with van der Waals surface area (Å²) < 4.78 is 0. The Balaban J connectivity index is 3.08. The predicted octanol–water partition coefficient (Wildman–Crippen LogP) is 1.23. The van der Waals surface area contributed by atoms with Crippen LogP contribution < -0.4 is 0 Å². The third kappa shape index (κ3) is 2.37. The molecular formula is C5H11S-. The Morgan fingerprint density at radius 3 is 1.67 bits per heavy atom. The zero-order valence-electron chi connectivity index (χ0n) is 4.40. The Morgan fingerprint density at radius 1 is 1.33 bits per heavy atom. The van der Waals surface area contributed by atoms with Gasteiger partial charge in [-0.25, -0.2) is 0 Å². The van der Waals surface area contributed by atoms with Crippen LogP contribution in [0, 0.1) is 5.69 Å². The number of rotatable bonds is 0. The van der Waals surface area contributed by atoms with Crippen molar-refractivity contribution in [3.8, 4) is 5.69 Å². The zero-order chi connectivity index (χ0) is 4.99. The first-order valence-electron chi connectivity index (χ1n) is 2.23. The molecule has 0 saturated heterocycles. The van der Waals surface area contributed by atoms with Gasteiger partial charge in [0, 0.05) is 0 Å². The molecule has 38 valence electrons. The first-order chi connectivity index (χ1) is 2.81. The minimum absolute atomic E-state index is 0.216. The molecule has 0 radical (unpaired) electrons. The maximum absolute atomic E-state index is 5.50. The highest BCUT2D eigenvalue weighted by atomic mass is 32.2. The first kappa shape index (κ1) is 6.13. The smallest absolute Gasteiger partial charge is 0.0840 e. The van der Waals surface area contributed by atoms with Gasteiger partial charge < -0.3 is 16.0 Å². The number of hydrogen-bond acceptors (Lipinski definition) is 1. The Kier molecular flexibility index (Phi) is 3.40. The zero-order valence-corrected chi connectivity index (χ0v) is 5.22. The topological polar surface area (TPSA) is 0 Å². The van der Waals surface area contributed by atoms with E-state index in [1.807, 2.05) is 0 Å². The largest absolute Gasteiger partial charge is 0.458 e. The van der Waals surface area contributed by atoms with Crippen LogP contribution in [0.2, 0.25) is 0 Å². The van der Waals surface area contributed by atoms with Crippen molar-refractivity contribution < 1.29 is 0 Å². The normalized spacial score (nSPS) is 9.67. The van der Waals surface area contributed by atoms with Gasteiger partial charge in [0.25, 0.3) is 0 Å². The van der Waals surface area contributed by atoms with E-state index >= 15 is 0 Å². The quantitative estimate of drug-likeness (QED) is 0.405. The third-order valence-electron chi connectivity index (χ3n) is 0.742. The molecule has 0 atom stereocenters. The van der Waals surface area contributed by atoms with Gasteiger partial charge in [-0.1, -0.05) is 13.8 Å². The lowest BCUT2D eigenvalue weighted by atomic mass is 11.0. The summed E-state index contributed by atoms with van der Waals surface area (Å²) in [6.45, 7) is 4.24. The fraction of sp³-hybridized carbons (Fsp3) is 0.800. The molecule has 0 rings (SSSR count). The van der Waals surface area contributed by atoms with Crippen molar-refractivity contribution in [1.82, 2.24) is 0 Å². The van der Waals surface area contributed by atoms with E-state index in [-0.39, 0.29) is 10.3 Å². The molecule has 0 fully saturated rings. The monoisotopic (exact) mass is 103 g/mol. The van der Waals surface area contributed by atoms with E-state index in [2.05, 4.69) is 13.8 Å². The average molecular weight is 103 g/mol. The van der Waals surface area contributed by atoms with Crippen molar-refractivity contribution in [2.75, 3.05) is 11.5 Å². The molecule has 0 unspecified atom stereocenters. The van der Waals surface area contributed by atoms with Gasteiger partial charge in [-0.2, -0.15) is 0 Å². The van der Waals surface area contributed by atoms with Crippen molar-refractivity contribution in [1.29, 1.82) is 0 Å². The molecule has 0 saturated carbocycles. The van der Waals surface area contributed by atoms with Crippen molar-refractivity contribution >= 4 is 10.3 Å². The van der Waals surface area contributed by atoms with Crippen LogP contribution in [0.1, 0.15) is 13.8 Å². The lowest BCUT2D eigenvalue weighted by Crippen LogP contribution is -1.88. The minimum Gasteiger partial charge on any atom is -0.458 e. The molecule has 0 aromatic carbocycles. The second-order valence-electron chi connectivity index (χ2n) is 1.11. The summed E-state index contributed by atoms with van der Waals surface area (Å²) in [6, 6.07) is 0. The van der Waals surface area contributed by atoms with Gasteiger partial charge in [-0.15, -0.1) is 11.5 Å². The molecule has 6 heavy (non-hydrogen) atoms. The molecule has 0 N–H and O–H groups in total. The molecule has 0 aromatic heterocycles. The second kappa shape index (κ2) is 3.32. The Hall–Kier alpha value is 0.130. The highest BCUT2D eigenvalue weighted by Crippen LogP contribution is 1.73. The van der Waals surface area contributed by atoms with E-state index in [1.54, 1.807) is 0 Å². The molecule has 0 heterocycles. The molecule has 0 bridgehead atoms. The first-order valence-corrected chi connectivity index (χ1v) is 3.85. The lowest BCUT2D eigenvalue weighted by Gasteiger charge is -2.06. The van der Waals surface area contributed by atoms with Gasteiger partial charge in [0.15, 0.2) is 0 Å². The summed E-state index contributed by atoms with van der Waals surface area (Å²) in [5.74, 6) is 2.27. The van der Waals surface area contributed by atoms with Gasteiger partial charge in [-0.05, 0) is 0 Å². The maximum atomic E-state index is 5.50. The van der Waals surface area contributed by atoms with Crippen molar-refractivity contribution in [2.24, 2.45) is 0 Å². The Bertz CT molecular complexity index is 67.7.